The Morgan fingerprint density at radius 1 is 1.37 bits per heavy atom. The Hall–Kier alpha value is -2.36. The molecule has 2 aromatic rings. The van der Waals surface area contributed by atoms with Crippen LogP contribution in [0.1, 0.15) is 19.5 Å². The van der Waals surface area contributed by atoms with Gasteiger partial charge in [0.05, 0.1) is 5.69 Å². The molecule has 1 heterocycles. The summed E-state index contributed by atoms with van der Waals surface area (Å²) >= 11 is 0. The van der Waals surface area contributed by atoms with E-state index in [2.05, 4.69) is 11.7 Å². The van der Waals surface area contributed by atoms with Crippen LogP contribution >= 0.6 is 0 Å². The van der Waals surface area contributed by atoms with Crippen molar-refractivity contribution in [3.05, 3.63) is 59.0 Å². The molecule has 1 aromatic carbocycles. The number of ether oxygens (including phenoxy) is 1. The number of hydrogen-bond donors (Lipinski definition) is 0. The molecule has 4 heteroatoms. The zero-order chi connectivity index (χ0) is 13.8. The molecular weight excluding hydrogens is 240 g/mol. The van der Waals surface area contributed by atoms with Crippen molar-refractivity contribution < 1.29 is 4.74 Å². The van der Waals surface area contributed by atoms with Crippen molar-refractivity contribution in [1.82, 2.24) is 9.78 Å². The van der Waals surface area contributed by atoms with Gasteiger partial charge in [-0.3, -0.25) is 4.79 Å². The van der Waals surface area contributed by atoms with E-state index in [1.807, 2.05) is 32.0 Å². The van der Waals surface area contributed by atoms with Crippen LogP contribution in [0.5, 0.6) is 11.5 Å². The Balaban J connectivity index is 2.47. The van der Waals surface area contributed by atoms with Gasteiger partial charge in [-0.05, 0) is 31.6 Å². The molecule has 0 spiro atoms. The standard InChI is InChI=1S/C15H16N2O2/c1-4-17-15(18)14(10-13(16-17)11(2)3)19-12-8-6-5-7-9-12/h5-10H,2,4H2,1,3H3. The van der Waals surface area contributed by atoms with Crippen LogP contribution in [0.4, 0.5) is 0 Å². The molecule has 2 rings (SSSR count). The minimum Gasteiger partial charge on any atom is -0.451 e. The summed E-state index contributed by atoms with van der Waals surface area (Å²) in [5.41, 5.74) is 1.21. The Bertz CT molecular complexity index is 645. The van der Waals surface area contributed by atoms with Gasteiger partial charge in [-0.1, -0.05) is 24.8 Å². The molecule has 0 aliphatic rings. The number of hydrogen-bond acceptors (Lipinski definition) is 3. The molecule has 0 aliphatic heterocycles. The highest BCUT2D eigenvalue weighted by atomic mass is 16.5. The number of aryl methyl sites for hydroxylation is 1. The summed E-state index contributed by atoms with van der Waals surface area (Å²) in [6.45, 7) is 8.05. The first-order chi connectivity index (χ1) is 9.11. The normalized spacial score (nSPS) is 10.2. The molecule has 0 amide bonds. The SMILES string of the molecule is C=C(C)c1cc(Oc2ccccc2)c(=O)n(CC)n1. The van der Waals surface area contributed by atoms with Gasteiger partial charge in [0.1, 0.15) is 5.75 Å². The summed E-state index contributed by atoms with van der Waals surface area (Å²) in [7, 11) is 0. The summed E-state index contributed by atoms with van der Waals surface area (Å²) in [5, 5.41) is 4.22. The van der Waals surface area contributed by atoms with Crippen molar-refractivity contribution in [2.45, 2.75) is 20.4 Å². The molecule has 0 saturated carbocycles. The fourth-order valence-corrected chi connectivity index (χ4v) is 1.63. The van der Waals surface area contributed by atoms with E-state index in [4.69, 9.17) is 4.74 Å². The van der Waals surface area contributed by atoms with E-state index in [-0.39, 0.29) is 11.3 Å². The second kappa shape index (κ2) is 5.52. The lowest BCUT2D eigenvalue weighted by molar-refractivity contribution is 0.456. The molecule has 0 aliphatic carbocycles. The molecule has 98 valence electrons. The van der Waals surface area contributed by atoms with E-state index in [0.717, 1.165) is 5.57 Å². The summed E-state index contributed by atoms with van der Waals surface area (Å²) in [6.07, 6.45) is 0. The molecule has 0 unspecified atom stereocenters. The Morgan fingerprint density at radius 2 is 2.05 bits per heavy atom. The first-order valence-electron chi connectivity index (χ1n) is 6.12. The Kier molecular flexibility index (Phi) is 3.80. The lowest BCUT2D eigenvalue weighted by Crippen LogP contribution is -2.24. The van der Waals surface area contributed by atoms with E-state index in [1.54, 1.807) is 18.2 Å². The monoisotopic (exact) mass is 256 g/mol. The highest BCUT2D eigenvalue weighted by Gasteiger charge is 2.10. The fraction of sp³-hybridized carbons (Fsp3) is 0.200. The quantitative estimate of drug-likeness (QED) is 0.844. The molecule has 0 bridgehead atoms. The number of nitrogens with zero attached hydrogens (tertiary/aromatic N) is 2. The van der Waals surface area contributed by atoms with Gasteiger partial charge in [-0.15, -0.1) is 0 Å². The third-order valence-electron chi connectivity index (χ3n) is 2.65. The maximum atomic E-state index is 12.1. The summed E-state index contributed by atoms with van der Waals surface area (Å²) in [6, 6.07) is 10.8. The second-order valence-corrected chi connectivity index (χ2v) is 4.21. The maximum absolute atomic E-state index is 12.1. The van der Waals surface area contributed by atoms with Gasteiger partial charge in [0.25, 0.3) is 0 Å². The maximum Gasteiger partial charge on any atom is 0.309 e. The minimum atomic E-state index is -0.239. The largest absolute Gasteiger partial charge is 0.451 e. The van der Waals surface area contributed by atoms with Crippen molar-refractivity contribution in [2.24, 2.45) is 0 Å². The highest BCUT2D eigenvalue weighted by molar-refractivity contribution is 5.58. The molecule has 0 saturated heterocycles. The van der Waals surface area contributed by atoms with Crippen molar-refractivity contribution in [2.75, 3.05) is 0 Å². The van der Waals surface area contributed by atoms with Crippen LogP contribution in [0, 0.1) is 0 Å². The highest BCUT2D eigenvalue weighted by Crippen LogP contribution is 2.19. The average molecular weight is 256 g/mol. The van der Waals surface area contributed by atoms with Crippen LogP contribution in [-0.4, -0.2) is 9.78 Å². The number of rotatable bonds is 4. The predicted octanol–water partition coefficient (Wildman–Crippen LogP) is 3.09. The van der Waals surface area contributed by atoms with E-state index in [0.29, 0.717) is 18.0 Å². The molecule has 1 aromatic heterocycles. The van der Waals surface area contributed by atoms with Gasteiger partial charge in [0.2, 0.25) is 0 Å². The topological polar surface area (TPSA) is 44.1 Å². The molecule has 0 N–H and O–H groups in total. The van der Waals surface area contributed by atoms with Crippen LogP contribution < -0.4 is 10.3 Å². The number of allylic oxidation sites excluding steroid dienone is 1. The number of aromatic nitrogens is 2. The van der Waals surface area contributed by atoms with E-state index in [1.165, 1.54) is 4.68 Å². The molecular formula is C15H16N2O2. The van der Waals surface area contributed by atoms with Crippen molar-refractivity contribution in [3.63, 3.8) is 0 Å². The molecule has 0 fully saturated rings. The second-order valence-electron chi connectivity index (χ2n) is 4.21. The van der Waals surface area contributed by atoms with E-state index < -0.39 is 0 Å². The van der Waals surface area contributed by atoms with Gasteiger partial charge in [0.15, 0.2) is 5.75 Å². The van der Waals surface area contributed by atoms with Gasteiger partial charge in [0, 0.05) is 12.6 Å². The summed E-state index contributed by atoms with van der Waals surface area (Å²) in [5.74, 6) is 0.891. The Labute approximate surface area is 112 Å². The van der Waals surface area contributed by atoms with Crippen molar-refractivity contribution >= 4 is 5.57 Å². The molecule has 19 heavy (non-hydrogen) atoms. The van der Waals surface area contributed by atoms with Crippen LogP contribution in [0.2, 0.25) is 0 Å². The molecule has 0 atom stereocenters. The lowest BCUT2D eigenvalue weighted by Gasteiger charge is -2.10. The molecule has 4 nitrogen and oxygen atoms in total. The first kappa shape index (κ1) is 13.1. The summed E-state index contributed by atoms with van der Waals surface area (Å²) < 4.78 is 7.01. The van der Waals surface area contributed by atoms with E-state index in [9.17, 15) is 4.79 Å². The van der Waals surface area contributed by atoms with Crippen LogP contribution in [-0.2, 0) is 6.54 Å². The first-order valence-corrected chi connectivity index (χ1v) is 6.12. The van der Waals surface area contributed by atoms with Gasteiger partial charge in [-0.25, -0.2) is 4.68 Å². The third kappa shape index (κ3) is 2.91. The zero-order valence-electron chi connectivity index (χ0n) is 11.1. The van der Waals surface area contributed by atoms with Gasteiger partial charge < -0.3 is 4.74 Å². The van der Waals surface area contributed by atoms with Crippen molar-refractivity contribution in [3.8, 4) is 11.5 Å². The zero-order valence-corrected chi connectivity index (χ0v) is 11.1. The Morgan fingerprint density at radius 3 is 2.63 bits per heavy atom. The lowest BCUT2D eigenvalue weighted by atomic mass is 10.2. The van der Waals surface area contributed by atoms with Gasteiger partial charge >= 0.3 is 5.56 Å². The predicted molar refractivity (Wildman–Crippen MR) is 75.4 cm³/mol. The third-order valence-corrected chi connectivity index (χ3v) is 2.65. The fourth-order valence-electron chi connectivity index (χ4n) is 1.63. The minimum absolute atomic E-state index is 0.239. The van der Waals surface area contributed by atoms with Gasteiger partial charge in [-0.2, -0.15) is 5.10 Å². The average Bonchev–Trinajstić information content (AvgIpc) is 2.42. The van der Waals surface area contributed by atoms with E-state index >= 15 is 0 Å². The smallest absolute Gasteiger partial charge is 0.309 e. The number of benzene rings is 1. The summed E-state index contributed by atoms with van der Waals surface area (Å²) in [4.78, 5) is 12.1. The van der Waals surface area contributed by atoms with Crippen molar-refractivity contribution in [1.29, 1.82) is 0 Å². The van der Waals surface area contributed by atoms with Crippen LogP contribution in [0.3, 0.4) is 0 Å². The molecule has 0 radical (unpaired) electrons. The number of para-hydroxylation sites is 1. The van der Waals surface area contributed by atoms with Crippen LogP contribution in [0.25, 0.3) is 5.57 Å². The van der Waals surface area contributed by atoms with Crippen LogP contribution in [0.15, 0.2) is 47.8 Å².